The Bertz CT molecular complexity index is 419. The molecule has 1 aliphatic rings. The Morgan fingerprint density at radius 3 is 2.47 bits per heavy atom. The van der Waals surface area contributed by atoms with E-state index in [0.29, 0.717) is 6.04 Å². The molecule has 1 unspecified atom stereocenters. The van der Waals surface area contributed by atoms with Crippen LogP contribution in [-0.2, 0) is 13.5 Å². The largest absolute Gasteiger partial charge is 0.316 e. The summed E-state index contributed by atoms with van der Waals surface area (Å²) in [6.45, 7) is 4.42. The molecular weight excluding hydrogens is 258 g/mol. The molecule has 19 heavy (non-hydrogen) atoms. The third-order valence-corrected chi connectivity index (χ3v) is 5.17. The first-order valence-corrected chi connectivity index (χ1v) is 7.76. The molecule has 1 heterocycles. The van der Waals surface area contributed by atoms with E-state index in [0.717, 1.165) is 29.1 Å². The van der Waals surface area contributed by atoms with E-state index < -0.39 is 0 Å². The highest BCUT2D eigenvalue weighted by atomic mass is 35.5. The van der Waals surface area contributed by atoms with E-state index in [1.54, 1.807) is 4.68 Å². The molecule has 0 amide bonds. The summed E-state index contributed by atoms with van der Waals surface area (Å²) in [7, 11) is 3.98. The zero-order valence-electron chi connectivity index (χ0n) is 12.5. The van der Waals surface area contributed by atoms with Gasteiger partial charge in [0.05, 0.1) is 5.69 Å². The molecule has 2 rings (SSSR count). The molecule has 1 aromatic rings. The number of nitrogens with one attached hydrogen (secondary N) is 1. The molecular formula is C15H26ClN3. The van der Waals surface area contributed by atoms with Gasteiger partial charge in [0.25, 0.3) is 0 Å². The molecule has 0 saturated heterocycles. The van der Waals surface area contributed by atoms with E-state index in [9.17, 15) is 0 Å². The van der Waals surface area contributed by atoms with E-state index >= 15 is 0 Å². The predicted octanol–water partition coefficient (Wildman–Crippen LogP) is 3.34. The molecule has 0 aromatic carbocycles. The fourth-order valence-electron chi connectivity index (χ4n) is 3.32. The number of nitrogens with zero attached hydrogens (tertiary/aromatic N) is 2. The summed E-state index contributed by atoms with van der Waals surface area (Å²) in [5.41, 5.74) is 2.28. The van der Waals surface area contributed by atoms with Gasteiger partial charge in [0.15, 0.2) is 0 Å². The number of aryl methyl sites for hydroxylation is 2. The summed E-state index contributed by atoms with van der Waals surface area (Å²) in [6, 6.07) is 0.521. The van der Waals surface area contributed by atoms with Gasteiger partial charge in [0.1, 0.15) is 5.15 Å². The second kappa shape index (κ2) is 6.27. The maximum atomic E-state index is 6.35. The van der Waals surface area contributed by atoms with Crippen LogP contribution in [0.25, 0.3) is 0 Å². The molecule has 108 valence electrons. The monoisotopic (exact) mass is 283 g/mol. The van der Waals surface area contributed by atoms with Crippen LogP contribution in [-0.4, -0.2) is 22.9 Å². The van der Waals surface area contributed by atoms with Crippen LogP contribution >= 0.6 is 11.6 Å². The molecule has 1 fully saturated rings. The zero-order chi connectivity index (χ0) is 14.0. The van der Waals surface area contributed by atoms with Crippen molar-refractivity contribution in [1.82, 2.24) is 15.1 Å². The van der Waals surface area contributed by atoms with Gasteiger partial charge in [-0.2, -0.15) is 5.10 Å². The molecule has 0 bridgehead atoms. The minimum atomic E-state index is 0.521. The van der Waals surface area contributed by atoms with Crippen LogP contribution in [0.1, 0.15) is 43.9 Å². The highest BCUT2D eigenvalue weighted by molar-refractivity contribution is 6.30. The number of halogens is 1. The van der Waals surface area contributed by atoms with Gasteiger partial charge < -0.3 is 5.32 Å². The summed E-state index contributed by atoms with van der Waals surface area (Å²) in [5, 5.41) is 8.71. The summed E-state index contributed by atoms with van der Waals surface area (Å²) >= 11 is 6.35. The second-order valence-corrected chi connectivity index (χ2v) is 6.46. The third-order valence-electron chi connectivity index (χ3n) is 4.69. The van der Waals surface area contributed by atoms with Gasteiger partial charge in [-0.05, 0) is 45.1 Å². The highest BCUT2D eigenvalue weighted by Crippen LogP contribution is 2.32. The molecule has 4 heteroatoms. The molecule has 0 radical (unpaired) electrons. The lowest BCUT2D eigenvalue weighted by molar-refractivity contribution is 0.235. The standard InChI is InChI=1S/C15H26ClN3/c1-10-5-7-12(8-6-10)14(17-3)9-13-11(2)18-19(4)15(13)16/h10,12,14,17H,5-9H2,1-4H3. The molecule has 3 nitrogen and oxygen atoms in total. The molecule has 0 aliphatic heterocycles. The van der Waals surface area contributed by atoms with Crippen molar-refractivity contribution in [1.29, 1.82) is 0 Å². The van der Waals surface area contributed by atoms with Crippen molar-refractivity contribution < 1.29 is 0 Å². The minimum Gasteiger partial charge on any atom is -0.316 e. The number of rotatable bonds is 4. The van der Waals surface area contributed by atoms with Crippen molar-refractivity contribution in [2.24, 2.45) is 18.9 Å². The highest BCUT2D eigenvalue weighted by Gasteiger charge is 2.27. The first kappa shape index (κ1) is 14.9. The fourth-order valence-corrected chi connectivity index (χ4v) is 3.57. The number of aromatic nitrogens is 2. The SMILES string of the molecule is CNC(Cc1c(C)nn(C)c1Cl)C1CCC(C)CC1. The van der Waals surface area contributed by atoms with Crippen LogP contribution < -0.4 is 5.32 Å². The van der Waals surface area contributed by atoms with Crippen molar-refractivity contribution in [3.8, 4) is 0 Å². The van der Waals surface area contributed by atoms with Crippen LogP contribution in [0.2, 0.25) is 5.15 Å². The summed E-state index contributed by atoms with van der Waals surface area (Å²) < 4.78 is 1.78. The van der Waals surface area contributed by atoms with E-state index in [4.69, 9.17) is 11.6 Å². The number of hydrogen-bond donors (Lipinski definition) is 1. The van der Waals surface area contributed by atoms with Gasteiger partial charge in [0.2, 0.25) is 0 Å². The van der Waals surface area contributed by atoms with E-state index in [1.165, 1.54) is 31.2 Å². The van der Waals surface area contributed by atoms with Gasteiger partial charge in [-0.25, -0.2) is 0 Å². The lowest BCUT2D eigenvalue weighted by atomic mass is 9.78. The molecule has 0 spiro atoms. The van der Waals surface area contributed by atoms with Crippen LogP contribution in [0.5, 0.6) is 0 Å². The van der Waals surface area contributed by atoms with Crippen molar-refractivity contribution in [3.63, 3.8) is 0 Å². The summed E-state index contributed by atoms with van der Waals surface area (Å²) in [6.07, 6.45) is 6.40. The Morgan fingerprint density at radius 1 is 1.37 bits per heavy atom. The molecule has 1 N–H and O–H groups in total. The van der Waals surface area contributed by atoms with Gasteiger partial charge in [-0.3, -0.25) is 4.68 Å². The average molecular weight is 284 g/mol. The Labute approximate surface area is 121 Å². The Hall–Kier alpha value is -0.540. The van der Waals surface area contributed by atoms with Crippen LogP contribution in [0.4, 0.5) is 0 Å². The van der Waals surface area contributed by atoms with E-state index in [-0.39, 0.29) is 0 Å². The lowest BCUT2D eigenvalue weighted by Crippen LogP contribution is -2.37. The lowest BCUT2D eigenvalue weighted by Gasteiger charge is -2.32. The van der Waals surface area contributed by atoms with Crippen molar-refractivity contribution in [2.45, 2.75) is 52.0 Å². The first-order valence-electron chi connectivity index (χ1n) is 7.38. The quantitative estimate of drug-likeness (QED) is 0.918. The van der Waals surface area contributed by atoms with Crippen molar-refractivity contribution >= 4 is 11.6 Å². The Kier molecular flexibility index (Phi) is 4.91. The van der Waals surface area contributed by atoms with Gasteiger partial charge in [0, 0.05) is 18.7 Å². The van der Waals surface area contributed by atoms with E-state index in [1.807, 2.05) is 7.05 Å². The molecule has 1 aliphatic carbocycles. The second-order valence-electron chi connectivity index (χ2n) is 6.10. The van der Waals surface area contributed by atoms with Crippen molar-refractivity contribution in [3.05, 3.63) is 16.4 Å². The zero-order valence-corrected chi connectivity index (χ0v) is 13.3. The Morgan fingerprint density at radius 2 is 2.00 bits per heavy atom. The predicted molar refractivity (Wildman–Crippen MR) is 80.6 cm³/mol. The average Bonchev–Trinajstić information content (AvgIpc) is 2.63. The normalized spacial score (nSPS) is 25.5. The minimum absolute atomic E-state index is 0.521. The third kappa shape index (κ3) is 3.32. The summed E-state index contributed by atoms with van der Waals surface area (Å²) in [5.74, 6) is 1.68. The number of hydrogen-bond acceptors (Lipinski definition) is 2. The van der Waals surface area contributed by atoms with Gasteiger partial charge >= 0.3 is 0 Å². The van der Waals surface area contributed by atoms with Crippen molar-refractivity contribution in [2.75, 3.05) is 7.05 Å². The van der Waals surface area contributed by atoms with Gasteiger partial charge in [-0.1, -0.05) is 31.4 Å². The maximum absolute atomic E-state index is 6.35. The van der Waals surface area contributed by atoms with Crippen LogP contribution in [0.3, 0.4) is 0 Å². The summed E-state index contributed by atoms with van der Waals surface area (Å²) in [4.78, 5) is 0. The smallest absolute Gasteiger partial charge is 0.130 e. The topological polar surface area (TPSA) is 29.9 Å². The van der Waals surface area contributed by atoms with E-state index in [2.05, 4.69) is 31.3 Å². The van der Waals surface area contributed by atoms with Crippen LogP contribution in [0.15, 0.2) is 0 Å². The Balaban J connectivity index is 2.06. The van der Waals surface area contributed by atoms with Crippen LogP contribution in [0, 0.1) is 18.8 Å². The molecule has 1 saturated carbocycles. The van der Waals surface area contributed by atoms with Gasteiger partial charge in [-0.15, -0.1) is 0 Å². The number of likely N-dealkylation sites (N-methyl/N-ethyl adjacent to an activating group) is 1. The maximum Gasteiger partial charge on any atom is 0.130 e. The first-order chi connectivity index (χ1) is 9.02. The fraction of sp³-hybridized carbons (Fsp3) is 0.800. The molecule has 1 aromatic heterocycles. The molecule has 1 atom stereocenters.